The van der Waals surface area contributed by atoms with Crippen LogP contribution in [0.5, 0.6) is 17.2 Å². The van der Waals surface area contributed by atoms with E-state index < -0.39 is 5.97 Å². The summed E-state index contributed by atoms with van der Waals surface area (Å²) in [6.45, 7) is 2.36. The highest BCUT2D eigenvalue weighted by atomic mass is 16.5. The number of carbonyl (C=O) groups is 1. The number of anilines is 1. The Kier molecular flexibility index (Phi) is 6.16. The molecule has 8 nitrogen and oxygen atoms in total. The molecule has 0 saturated carbocycles. The number of hydrogen-bond donors (Lipinski definition) is 2. The molecule has 8 heteroatoms. The van der Waals surface area contributed by atoms with Crippen molar-refractivity contribution in [3.05, 3.63) is 41.6 Å². The van der Waals surface area contributed by atoms with E-state index in [1.165, 1.54) is 18.3 Å². The van der Waals surface area contributed by atoms with Gasteiger partial charge in [0.2, 0.25) is 5.75 Å². The van der Waals surface area contributed by atoms with Crippen molar-refractivity contribution in [1.29, 1.82) is 0 Å². The van der Waals surface area contributed by atoms with Crippen LogP contribution in [0.4, 0.5) is 5.82 Å². The number of rotatable bonds is 8. The first-order chi connectivity index (χ1) is 12.1. The Morgan fingerprint density at radius 3 is 2.44 bits per heavy atom. The predicted molar refractivity (Wildman–Crippen MR) is 93.1 cm³/mol. The van der Waals surface area contributed by atoms with Crippen LogP contribution in [-0.4, -0.2) is 43.1 Å². The summed E-state index contributed by atoms with van der Waals surface area (Å²) in [6, 6.07) is 6.50. The molecule has 1 aromatic heterocycles. The van der Waals surface area contributed by atoms with Crippen molar-refractivity contribution in [2.45, 2.75) is 6.92 Å². The van der Waals surface area contributed by atoms with Crippen LogP contribution < -0.4 is 19.6 Å². The molecular weight excluding hydrogens is 326 g/mol. The first kappa shape index (κ1) is 18.1. The lowest BCUT2D eigenvalue weighted by Gasteiger charge is -2.14. The quantitative estimate of drug-likeness (QED) is 0.560. The third-order valence-electron chi connectivity index (χ3n) is 3.17. The molecule has 25 heavy (non-hydrogen) atoms. The van der Waals surface area contributed by atoms with Gasteiger partial charge >= 0.3 is 5.97 Å². The van der Waals surface area contributed by atoms with E-state index in [0.717, 1.165) is 5.56 Å². The second kappa shape index (κ2) is 8.53. The highest BCUT2D eigenvalue weighted by molar-refractivity contribution is 5.87. The number of carboxylic acids is 1. The van der Waals surface area contributed by atoms with Crippen molar-refractivity contribution < 1.29 is 24.1 Å². The van der Waals surface area contributed by atoms with E-state index in [4.69, 9.17) is 19.3 Å². The summed E-state index contributed by atoms with van der Waals surface area (Å²) < 4.78 is 16.2. The zero-order valence-electron chi connectivity index (χ0n) is 14.1. The Morgan fingerprint density at radius 2 is 1.96 bits per heavy atom. The summed E-state index contributed by atoms with van der Waals surface area (Å²) in [5, 5.41) is 12.9. The number of hydrogen-bond acceptors (Lipinski definition) is 7. The number of nitrogens with one attached hydrogen (secondary N) is 1. The number of pyridine rings is 1. The zero-order chi connectivity index (χ0) is 18.2. The fourth-order valence-corrected chi connectivity index (χ4v) is 2.02. The molecule has 132 valence electrons. The van der Waals surface area contributed by atoms with Gasteiger partial charge in [-0.15, -0.1) is 0 Å². The molecular formula is C17H19N3O5. The number of methoxy groups -OCH3 is 2. The minimum absolute atomic E-state index is 0.107. The van der Waals surface area contributed by atoms with Gasteiger partial charge in [-0.3, -0.25) is 5.43 Å². The summed E-state index contributed by atoms with van der Waals surface area (Å²) in [7, 11) is 3.09. The molecule has 0 aliphatic carbocycles. The summed E-state index contributed by atoms with van der Waals surface area (Å²) in [6.07, 6.45) is 2.82. The first-order valence-electron chi connectivity index (χ1n) is 7.46. The number of nitrogens with zero attached hydrogens (tertiary/aromatic N) is 2. The largest absolute Gasteiger partial charge is 0.493 e. The maximum atomic E-state index is 10.8. The van der Waals surface area contributed by atoms with Gasteiger partial charge in [-0.05, 0) is 31.2 Å². The van der Waals surface area contributed by atoms with Crippen LogP contribution in [0.15, 0.2) is 35.6 Å². The summed E-state index contributed by atoms with van der Waals surface area (Å²) in [5.74, 6) is 0.990. The second-order valence-corrected chi connectivity index (χ2v) is 4.79. The number of carboxylic acid groups (broad SMARTS) is 1. The van der Waals surface area contributed by atoms with Crippen molar-refractivity contribution in [3.63, 3.8) is 0 Å². The standard InChI is InChI=1S/C17H19N3O5/c1-4-25-16-13(23-2)7-11(8-14(16)24-3)9-19-20-15-6-5-12(10-18-15)17(21)22/h5-10H,4H2,1-3H3,(H,18,20)(H,21,22)/b19-9+. The van der Waals surface area contributed by atoms with Crippen molar-refractivity contribution in [2.75, 3.05) is 26.3 Å². The SMILES string of the molecule is CCOc1c(OC)cc(/C=N/Nc2ccc(C(=O)O)cn2)cc1OC. The van der Waals surface area contributed by atoms with Gasteiger partial charge < -0.3 is 19.3 Å². The molecule has 0 aliphatic rings. The maximum absolute atomic E-state index is 10.8. The zero-order valence-corrected chi connectivity index (χ0v) is 14.1. The highest BCUT2D eigenvalue weighted by Gasteiger charge is 2.13. The molecule has 2 N–H and O–H groups in total. The Morgan fingerprint density at radius 1 is 1.28 bits per heavy atom. The first-order valence-corrected chi connectivity index (χ1v) is 7.46. The molecule has 2 aromatic rings. The van der Waals surface area contributed by atoms with Gasteiger partial charge in [-0.1, -0.05) is 0 Å². The van der Waals surface area contributed by atoms with Crippen LogP contribution in [0.3, 0.4) is 0 Å². The molecule has 0 aliphatic heterocycles. The molecule has 1 aromatic carbocycles. The number of ether oxygens (including phenoxy) is 3. The molecule has 0 fully saturated rings. The van der Waals surface area contributed by atoms with E-state index in [1.807, 2.05) is 6.92 Å². The fraction of sp³-hybridized carbons (Fsp3) is 0.235. The molecule has 0 spiro atoms. The van der Waals surface area contributed by atoms with E-state index >= 15 is 0 Å². The molecule has 0 bridgehead atoms. The van der Waals surface area contributed by atoms with Gasteiger partial charge in [0.25, 0.3) is 0 Å². The average Bonchev–Trinajstić information content (AvgIpc) is 2.63. The topological polar surface area (TPSA) is 102 Å². The maximum Gasteiger partial charge on any atom is 0.337 e. The van der Waals surface area contributed by atoms with Crippen molar-refractivity contribution in [2.24, 2.45) is 5.10 Å². The van der Waals surface area contributed by atoms with E-state index in [2.05, 4.69) is 15.5 Å². The minimum atomic E-state index is -1.03. The van der Waals surface area contributed by atoms with Gasteiger partial charge in [0.05, 0.1) is 32.6 Å². The summed E-state index contributed by atoms with van der Waals surface area (Å²) in [4.78, 5) is 14.7. The Labute approximate surface area is 145 Å². The van der Waals surface area contributed by atoms with Crippen LogP contribution in [0.1, 0.15) is 22.8 Å². The second-order valence-electron chi connectivity index (χ2n) is 4.79. The lowest BCUT2D eigenvalue weighted by molar-refractivity contribution is 0.0696. The molecule has 0 atom stereocenters. The number of aromatic nitrogens is 1. The summed E-state index contributed by atoms with van der Waals surface area (Å²) >= 11 is 0. The number of aromatic carboxylic acids is 1. The van der Waals surface area contributed by atoms with Gasteiger partial charge in [-0.2, -0.15) is 5.10 Å². The van der Waals surface area contributed by atoms with Crippen molar-refractivity contribution >= 4 is 18.0 Å². The Balaban J connectivity index is 2.15. The van der Waals surface area contributed by atoms with Crippen LogP contribution in [0.25, 0.3) is 0 Å². The van der Waals surface area contributed by atoms with Crippen molar-refractivity contribution in [1.82, 2.24) is 4.98 Å². The van der Waals surface area contributed by atoms with Crippen molar-refractivity contribution in [3.8, 4) is 17.2 Å². The van der Waals surface area contributed by atoms with Crippen LogP contribution in [-0.2, 0) is 0 Å². The Hall–Kier alpha value is -3.29. The smallest absolute Gasteiger partial charge is 0.337 e. The van der Waals surface area contributed by atoms with Crippen LogP contribution >= 0.6 is 0 Å². The molecule has 1 heterocycles. The van der Waals surface area contributed by atoms with Gasteiger partial charge in [-0.25, -0.2) is 9.78 Å². The van der Waals surface area contributed by atoms with Gasteiger partial charge in [0.1, 0.15) is 5.82 Å². The fourth-order valence-electron chi connectivity index (χ4n) is 2.02. The monoisotopic (exact) mass is 345 g/mol. The lowest BCUT2D eigenvalue weighted by Crippen LogP contribution is -2.01. The van der Waals surface area contributed by atoms with Crippen LogP contribution in [0, 0.1) is 0 Å². The molecule has 0 unspecified atom stereocenters. The van der Waals surface area contributed by atoms with Gasteiger partial charge in [0.15, 0.2) is 11.5 Å². The van der Waals surface area contributed by atoms with E-state index in [-0.39, 0.29) is 5.56 Å². The van der Waals surface area contributed by atoms with Gasteiger partial charge in [0, 0.05) is 11.8 Å². The average molecular weight is 345 g/mol. The number of hydrazone groups is 1. The van der Waals surface area contributed by atoms with E-state index in [0.29, 0.717) is 29.7 Å². The third kappa shape index (κ3) is 4.60. The minimum Gasteiger partial charge on any atom is -0.493 e. The summed E-state index contributed by atoms with van der Waals surface area (Å²) in [5.41, 5.74) is 3.56. The predicted octanol–water partition coefficient (Wildman–Crippen LogP) is 2.64. The lowest BCUT2D eigenvalue weighted by atomic mass is 10.2. The molecule has 0 radical (unpaired) electrons. The van der Waals surface area contributed by atoms with E-state index in [9.17, 15) is 4.79 Å². The number of benzene rings is 1. The highest BCUT2D eigenvalue weighted by Crippen LogP contribution is 2.38. The molecule has 0 saturated heterocycles. The normalized spacial score (nSPS) is 10.5. The van der Waals surface area contributed by atoms with Crippen LogP contribution in [0.2, 0.25) is 0 Å². The third-order valence-corrected chi connectivity index (χ3v) is 3.17. The Bertz CT molecular complexity index is 734. The van der Waals surface area contributed by atoms with E-state index in [1.54, 1.807) is 32.6 Å². The molecule has 2 rings (SSSR count). The molecule has 0 amide bonds.